The van der Waals surface area contributed by atoms with Gasteiger partial charge in [0.2, 0.25) is 0 Å². The number of carbonyl (C=O) groups excluding carboxylic acids is 1. The van der Waals surface area contributed by atoms with Gasteiger partial charge in [0.05, 0.1) is 6.10 Å². The molecule has 1 fully saturated rings. The number of ether oxygens (including phenoxy) is 1. The van der Waals surface area contributed by atoms with Crippen LogP contribution in [-0.4, -0.2) is 47.6 Å². The molecule has 0 amide bonds. The minimum Gasteiger partial charge on any atom is -0.459 e. The Kier molecular flexibility index (Phi) is 7.67. The molecule has 0 N–H and O–H groups in total. The molecular formula is C23H30BrN3O2. The van der Waals surface area contributed by atoms with E-state index in [0.717, 1.165) is 43.7 Å². The molecule has 0 spiro atoms. The Morgan fingerprint density at radius 3 is 2.66 bits per heavy atom. The second-order valence-corrected chi connectivity index (χ2v) is 8.29. The molecule has 0 radical (unpaired) electrons. The predicted octanol–water partition coefficient (Wildman–Crippen LogP) is 4.64. The first-order chi connectivity index (χ1) is 14.0. The third kappa shape index (κ3) is 5.58. The number of aromatic nitrogens is 1. The Morgan fingerprint density at radius 2 is 2.00 bits per heavy atom. The molecule has 1 aliphatic rings. The van der Waals surface area contributed by atoms with Crippen LogP contribution in [0.15, 0.2) is 42.6 Å². The lowest BCUT2D eigenvalue weighted by atomic mass is 10.1. The Balaban J connectivity index is 1.69. The molecule has 1 atom stereocenters. The van der Waals surface area contributed by atoms with Gasteiger partial charge in [-0.3, -0.25) is 4.90 Å². The largest absolute Gasteiger partial charge is 0.459 e. The van der Waals surface area contributed by atoms with Crippen molar-refractivity contribution in [1.29, 1.82) is 0 Å². The van der Waals surface area contributed by atoms with E-state index < -0.39 is 0 Å². The molecule has 1 aromatic heterocycles. The SMILES string of the molecule is CCN(Cc1ccc(CBr)cc1)C1CCN(c2ncccc2C(=O)OC(C)C)C1. The standard InChI is InChI=1S/C23H30BrN3O2/c1-4-26(15-19-9-7-18(14-24)8-10-19)20-11-13-27(16-20)22-21(6-5-12-25-22)23(28)29-17(2)3/h5-10,12,17,20H,4,11,13-16H2,1-3H3. The van der Waals surface area contributed by atoms with Crippen LogP contribution in [0.2, 0.25) is 0 Å². The van der Waals surface area contributed by atoms with Gasteiger partial charge in [0, 0.05) is 37.2 Å². The number of halogens is 1. The number of anilines is 1. The molecule has 0 aliphatic carbocycles. The van der Waals surface area contributed by atoms with E-state index in [0.29, 0.717) is 11.6 Å². The summed E-state index contributed by atoms with van der Waals surface area (Å²) in [4.78, 5) is 21.7. The van der Waals surface area contributed by atoms with E-state index in [9.17, 15) is 4.79 Å². The molecule has 1 saturated heterocycles. The molecule has 156 valence electrons. The highest BCUT2D eigenvalue weighted by Gasteiger charge is 2.30. The Morgan fingerprint density at radius 1 is 1.28 bits per heavy atom. The van der Waals surface area contributed by atoms with Crippen molar-refractivity contribution in [3.05, 3.63) is 59.3 Å². The van der Waals surface area contributed by atoms with Crippen LogP contribution in [0.25, 0.3) is 0 Å². The number of likely N-dealkylation sites (N-methyl/N-ethyl adjacent to an activating group) is 1. The average Bonchev–Trinajstić information content (AvgIpc) is 3.22. The number of carbonyl (C=O) groups is 1. The summed E-state index contributed by atoms with van der Waals surface area (Å²) in [6.45, 7) is 9.62. The van der Waals surface area contributed by atoms with Crippen molar-refractivity contribution in [3.8, 4) is 0 Å². The van der Waals surface area contributed by atoms with Crippen molar-refractivity contribution in [2.24, 2.45) is 0 Å². The summed E-state index contributed by atoms with van der Waals surface area (Å²) in [5.74, 6) is 0.434. The van der Waals surface area contributed by atoms with E-state index in [1.807, 2.05) is 19.9 Å². The van der Waals surface area contributed by atoms with Crippen LogP contribution < -0.4 is 4.90 Å². The lowest BCUT2D eigenvalue weighted by Crippen LogP contribution is -2.37. The Bertz CT molecular complexity index is 810. The van der Waals surface area contributed by atoms with Gasteiger partial charge in [-0.1, -0.05) is 47.1 Å². The molecule has 6 heteroatoms. The summed E-state index contributed by atoms with van der Waals surface area (Å²) >= 11 is 3.50. The molecule has 5 nitrogen and oxygen atoms in total. The number of alkyl halides is 1. The quantitative estimate of drug-likeness (QED) is 0.424. The van der Waals surface area contributed by atoms with E-state index in [1.165, 1.54) is 11.1 Å². The second kappa shape index (κ2) is 10.2. The van der Waals surface area contributed by atoms with Crippen LogP contribution in [0.3, 0.4) is 0 Å². The summed E-state index contributed by atoms with van der Waals surface area (Å²) in [7, 11) is 0. The molecule has 0 saturated carbocycles. The minimum atomic E-state index is -0.300. The maximum Gasteiger partial charge on any atom is 0.342 e. The minimum absolute atomic E-state index is 0.145. The number of hydrogen-bond acceptors (Lipinski definition) is 5. The maximum absolute atomic E-state index is 12.5. The Hall–Kier alpha value is -1.92. The molecule has 0 bridgehead atoms. The maximum atomic E-state index is 12.5. The van der Waals surface area contributed by atoms with E-state index in [4.69, 9.17) is 4.74 Å². The fourth-order valence-corrected chi connectivity index (χ4v) is 4.16. The van der Waals surface area contributed by atoms with Gasteiger partial charge in [-0.15, -0.1) is 0 Å². The fourth-order valence-electron chi connectivity index (χ4n) is 3.79. The van der Waals surface area contributed by atoms with Gasteiger partial charge in [0.25, 0.3) is 0 Å². The van der Waals surface area contributed by atoms with Crippen molar-refractivity contribution >= 4 is 27.7 Å². The lowest BCUT2D eigenvalue weighted by molar-refractivity contribution is 0.0378. The molecule has 1 aromatic carbocycles. The smallest absolute Gasteiger partial charge is 0.342 e. The number of benzene rings is 1. The van der Waals surface area contributed by atoms with Gasteiger partial charge < -0.3 is 9.64 Å². The highest BCUT2D eigenvalue weighted by Crippen LogP contribution is 2.26. The topological polar surface area (TPSA) is 45.7 Å². The van der Waals surface area contributed by atoms with Crippen molar-refractivity contribution in [2.45, 2.75) is 51.2 Å². The average molecular weight is 460 g/mol. The summed E-state index contributed by atoms with van der Waals surface area (Å²) in [6, 6.07) is 12.8. The van der Waals surface area contributed by atoms with Crippen molar-refractivity contribution < 1.29 is 9.53 Å². The molecule has 1 aliphatic heterocycles. The number of hydrogen-bond donors (Lipinski definition) is 0. The molecule has 3 rings (SSSR count). The summed E-state index contributed by atoms with van der Waals surface area (Å²) in [5, 5.41) is 0.883. The van der Waals surface area contributed by atoms with Crippen LogP contribution in [0, 0.1) is 0 Å². The van der Waals surface area contributed by atoms with Crippen LogP contribution in [-0.2, 0) is 16.6 Å². The van der Waals surface area contributed by atoms with Gasteiger partial charge in [-0.05, 0) is 50.1 Å². The van der Waals surface area contributed by atoms with Crippen LogP contribution in [0.1, 0.15) is 48.7 Å². The van der Waals surface area contributed by atoms with E-state index >= 15 is 0 Å². The second-order valence-electron chi connectivity index (χ2n) is 7.73. The van der Waals surface area contributed by atoms with Gasteiger partial charge in [-0.2, -0.15) is 0 Å². The van der Waals surface area contributed by atoms with Crippen molar-refractivity contribution in [1.82, 2.24) is 9.88 Å². The van der Waals surface area contributed by atoms with E-state index in [2.05, 4.69) is 61.9 Å². The number of rotatable bonds is 8. The number of nitrogens with zero attached hydrogens (tertiary/aromatic N) is 3. The van der Waals surface area contributed by atoms with Gasteiger partial charge in [0.1, 0.15) is 11.4 Å². The monoisotopic (exact) mass is 459 g/mol. The molecule has 29 heavy (non-hydrogen) atoms. The van der Waals surface area contributed by atoms with Crippen molar-refractivity contribution in [3.63, 3.8) is 0 Å². The zero-order valence-corrected chi connectivity index (χ0v) is 19.1. The van der Waals surface area contributed by atoms with Gasteiger partial charge >= 0.3 is 5.97 Å². The first-order valence-electron chi connectivity index (χ1n) is 10.3. The third-order valence-corrected chi connectivity index (χ3v) is 5.95. The first kappa shape index (κ1) is 21.8. The highest BCUT2D eigenvalue weighted by molar-refractivity contribution is 9.08. The summed E-state index contributed by atoms with van der Waals surface area (Å²) in [5.41, 5.74) is 3.17. The first-order valence-corrected chi connectivity index (χ1v) is 11.4. The zero-order valence-electron chi connectivity index (χ0n) is 17.5. The van der Waals surface area contributed by atoms with Crippen LogP contribution >= 0.6 is 15.9 Å². The third-order valence-electron chi connectivity index (χ3n) is 5.30. The molecule has 2 aromatic rings. The van der Waals surface area contributed by atoms with Crippen LogP contribution in [0.5, 0.6) is 0 Å². The van der Waals surface area contributed by atoms with E-state index in [1.54, 1.807) is 12.3 Å². The number of pyridine rings is 1. The lowest BCUT2D eigenvalue weighted by Gasteiger charge is -2.28. The van der Waals surface area contributed by atoms with Crippen molar-refractivity contribution in [2.75, 3.05) is 24.5 Å². The Labute approximate surface area is 182 Å². The van der Waals surface area contributed by atoms with Gasteiger partial charge in [-0.25, -0.2) is 9.78 Å². The predicted molar refractivity (Wildman–Crippen MR) is 121 cm³/mol. The fraction of sp³-hybridized carbons (Fsp3) is 0.478. The highest BCUT2D eigenvalue weighted by atomic mass is 79.9. The molecular weight excluding hydrogens is 430 g/mol. The van der Waals surface area contributed by atoms with Crippen LogP contribution in [0.4, 0.5) is 5.82 Å². The number of esters is 1. The summed E-state index contributed by atoms with van der Waals surface area (Å²) in [6.07, 6.45) is 2.66. The molecule has 1 unspecified atom stereocenters. The normalized spacial score (nSPS) is 16.6. The zero-order chi connectivity index (χ0) is 20.8. The van der Waals surface area contributed by atoms with Gasteiger partial charge in [0.15, 0.2) is 0 Å². The summed E-state index contributed by atoms with van der Waals surface area (Å²) < 4.78 is 5.41. The molecule has 2 heterocycles. The van der Waals surface area contributed by atoms with E-state index in [-0.39, 0.29) is 12.1 Å².